The van der Waals surface area contributed by atoms with E-state index in [0.29, 0.717) is 18.8 Å². The molecular formula is C16H21N3O6. The maximum atomic E-state index is 12.2. The minimum absolute atomic E-state index is 0.0240. The van der Waals surface area contributed by atoms with Crippen LogP contribution in [0.25, 0.3) is 0 Å². The Morgan fingerprint density at radius 1 is 1.24 bits per heavy atom. The number of benzene rings is 1. The molecule has 136 valence electrons. The predicted molar refractivity (Wildman–Crippen MR) is 89.8 cm³/mol. The van der Waals surface area contributed by atoms with Gasteiger partial charge < -0.3 is 20.1 Å². The fourth-order valence-corrected chi connectivity index (χ4v) is 3.08. The lowest BCUT2D eigenvalue weighted by atomic mass is 9.98. The van der Waals surface area contributed by atoms with E-state index in [1.807, 2.05) is 4.90 Å². The molecule has 9 nitrogen and oxygen atoms in total. The van der Waals surface area contributed by atoms with Crippen molar-refractivity contribution in [3.8, 4) is 0 Å². The summed E-state index contributed by atoms with van der Waals surface area (Å²) < 4.78 is 9.41. The van der Waals surface area contributed by atoms with Gasteiger partial charge in [-0.2, -0.15) is 0 Å². The molecule has 1 aromatic rings. The van der Waals surface area contributed by atoms with Gasteiger partial charge >= 0.3 is 11.9 Å². The highest BCUT2D eigenvalue weighted by Crippen LogP contribution is 2.34. The SMILES string of the molecule is COC(=O)c1cc([N+](=O)[O-])c(C(=O)OC)cc1N1CCCCC1CN. The molecule has 1 atom stereocenters. The van der Waals surface area contributed by atoms with E-state index < -0.39 is 22.5 Å². The molecule has 1 heterocycles. The second-order valence-corrected chi connectivity index (χ2v) is 5.71. The van der Waals surface area contributed by atoms with Gasteiger partial charge in [0.2, 0.25) is 0 Å². The monoisotopic (exact) mass is 351 g/mol. The highest BCUT2D eigenvalue weighted by molar-refractivity contribution is 6.02. The lowest BCUT2D eigenvalue weighted by molar-refractivity contribution is -0.385. The van der Waals surface area contributed by atoms with Crippen molar-refractivity contribution < 1.29 is 24.0 Å². The van der Waals surface area contributed by atoms with Crippen LogP contribution in [0.15, 0.2) is 12.1 Å². The zero-order valence-electron chi connectivity index (χ0n) is 14.2. The van der Waals surface area contributed by atoms with Gasteiger partial charge in [0.05, 0.1) is 30.4 Å². The topological polar surface area (TPSA) is 125 Å². The molecule has 1 saturated heterocycles. The van der Waals surface area contributed by atoms with Crippen molar-refractivity contribution in [2.24, 2.45) is 5.73 Å². The van der Waals surface area contributed by atoms with Crippen molar-refractivity contribution in [2.75, 3.05) is 32.2 Å². The summed E-state index contributed by atoms with van der Waals surface area (Å²) in [5.41, 5.74) is 5.55. The normalized spacial score (nSPS) is 17.1. The molecule has 9 heteroatoms. The van der Waals surface area contributed by atoms with E-state index in [0.717, 1.165) is 32.4 Å². The first-order valence-electron chi connectivity index (χ1n) is 7.90. The van der Waals surface area contributed by atoms with Gasteiger partial charge in [-0.15, -0.1) is 0 Å². The van der Waals surface area contributed by atoms with Crippen LogP contribution >= 0.6 is 0 Å². The molecule has 0 radical (unpaired) electrons. The number of anilines is 1. The Hall–Kier alpha value is -2.68. The van der Waals surface area contributed by atoms with E-state index in [1.54, 1.807) is 0 Å². The predicted octanol–water partition coefficient (Wildman–Crippen LogP) is 1.49. The summed E-state index contributed by atoms with van der Waals surface area (Å²) in [6, 6.07) is 2.36. The first kappa shape index (κ1) is 18.7. The first-order chi connectivity index (χ1) is 11.9. The van der Waals surface area contributed by atoms with Crippen molar-refractivity contribution in [3.63, 3.8) is 0 Å². The number of ether oxygens (including phenoxy) is 2. The number of piperidine rings is 1. The number of carbonyl (C=O) groups excluding carboxylic acids is 2. The summed E-state index contributed by atoms with van der Waals surface area (Å²) in [6.07, 6.45) is 2.73. The van der Waals surface area contributed by atoms with Gasteiger partial charge in [-0.1, -0.05) is 0 Å². The van der Waals surface area contributed by atoms with E-state index in [1.165, 1.54) is 13.2 Å². The van der Waals surface area contributed by atoms with Crippen molar-refractivity contribution in [3.05, 3.63) is 33.4 Å². The number of nitrogens with two attached hydrogens (primary N) is 1. The summed E-state index contributed by atoms with van der Waals surface area (Å²) >= 11 is 0. The van der Waals surface area contributed by atoms with Crippen LogP contribution in [0.3, 0.4) is 0 Å². The van der Waals surface area contributed by atoms with Crippen LogP contribution in [0.2, 0.25) is 0 Å². The van der Waals surface area contributed by atoms with Gasteiger partial charge in [0.1, 0.15) is 5.56 Å². The molecule has 0 amide bonds. The summed E-state index contributed by atoms with van der Waals surface area (Å²) in [5.74, 6) is -1.55. The molecule has 0 spiro atoms. The van der Waals surface area contributed by atoms with Gasteiger partial charge in [-0.25, -0.2) is 9.59 Å². The number of carbonyl (C=O) groups is 2. The fourth-order valence-electron chi connectivity index (χ4n) is 3.08. The summed E-state index contributed by atoms with van der Waals surface area (Å²) in [6.45, 7) is 0.995. The van der Waals surface area contributed by atoms with Crippen LogP contribution < -0.4 is 10.6 Å². The summed E-state index contributed by atoms with van der Waals surface area (Å²) in [4.78, 5) is 36.7. The van der Waals surface area contributed by atoms with Crippen LogP contribution in [-0.2, 0) is 9.47 Å². The molecule has 2 rings (SSSR count). The number of nitro benzene ring substituents is 1. The molecule has 2 N–H and O–H groups in total. The second-order valence-electron chi connectivity index (χ2n) is 5.71. The number of nitro groups is 1. The maximum absolute atomic E-state index is 12.2. The van der Waals surface area contributed by atoms with Crippen molar-refractivity contribution in [1.82, 2.24) is 0 Å². The van der Waals surface area contributed by atoms with E-state index >= 15 is 0 Å². The van der Waals surface area contributed by atoms with Gasteiger partial charge in [0, 0.05) is 25.2 Å². The first-order valence-corrected chi connectivity index (χ1v) is 7.90. The second kappa shape index (κ2) is 7.93. The maximum Gasteiger partial charge on any atom is 0.344 e. The van der Waals surface area contributed by atoms with E-state index in [-0.39, 0.29) is 17.2 Å². The third-order valence-corrected chi connectivity index (χ3v) is 4.33. The summed E-state index contributed by atoms with van der Waals surface area (Å²) in [7, 11) is 2.34. The highest BCUT2D eigenvalue weighted by atomic mass is 16.6. The van der Waals surface area contributed by atoms with E-state index in [2.05, 4.69) is 4.74 Å². The Balaban J connectivity index is 2.68. The molecular weight excluding hydrogens is 330 g/mol. The molecule has 0 aliphatic carbocycles. The van der Waals surface area contributed by atoms with Crippen molar-refractivity contribution in [1.29, 1.82) is 0 Å². The average Bonchev–Trinajstić information content (AvgIpc) is 2.65. The van der Waals surface area contributed by atoms with Gasteiger partial charge in [0.15, 0.2) is 0 Å². The minimum atomic E-state index is -0.842. The molecule has 25 heavy (non-hydrogen) atoms. The molecule has 0 aromatic heterocycles. The Morgan fingerprint density at radius 2 is 1.88 bits per heavy atom. The molecule has 0 bridgehead atoms. The van der Waals surface area contributed by atoms with Crippen LogP contribution in [0.5, 0.6) is 0 Å². The van der Waals surface area contributed by atoms with Crippen LogP contribution in [0.1, 0.15) is 40.0 Å². The van der Waals surface area contributed by atoms with Crippen molar-refractivity contribution in [2.45, 2.75) is 25.3 Å². The number of hydrogen-bond donors (Lipinski definition) is 1. The fraction of sp³-hybridized carbons (Fsp3) is 0.500. The number of methoxy groups -OCH3 is 2. The lowest BCUT2D eigenvalue weighted by Crippen LogP contribution is -2.45. The molecule has 0 saturated carbocycles. The standard InChI is InChI=1S/C16H21N3O6/c1-24-15(20)11-8-14(19(22)23)12(16(21)25-2)7-13(11)18-6-4-3-5-10(18)9-17/h7-8,10H,3-6,9,17H2,1-2H3. The molecule has 1 fully saturated rings. The highest BCUT2D eigenvalue weighted by Gasteiger charge is 2.31. The number of nitrogens with zero attached hydrogens (tertiary/aromatic N) is 2. The van der Waals surface area contributed by atoms with Gasteiger partial charge in [-0.3, -0.25) is 10.1 Å². The van der Waals surface area contributed by atoms with E-state index in [4.69, 9.17) is 10.5 Å². The smallest absolute Gasteiger partial charge is 0.344 e. The minimum Gasteiger partial charge on any atom is -0.465 e. The van der Waals surface area contributed by atoms with Crippen LogP contribution in [-0.4, -0.2) is 50.2 Å². The Bertz CT molecular complexity index is 691. The third-order valence-electron chi connectivity index (χ3n) is 4.33. The molecule has 1 aliphatic rings. The van der Waals surface area contributed by atoms with Gasteiger partial charge in [0.25, 0.3) is 5.69 Å². The quantitative estimate of drug-likeness (QED) is 0.480. The Labute approximate surface area is 144 Å². The Kier molecular flexibility index (Phi) is 5.92. The van der Waals surface area contributed by atoms with Crippen molar-refractivity contribution >= 4 is 23.3 Å². The Morgan fingerprint density at radius 3 is 2.44 bits per heavy atom. The lowest BCUT2D eigenvalue weighted by Gasteiger charge is -2.37. The van der Waals surface area contributed by atoms with E-state index in [9.17, 15) is 19.7 Å². The third kappa shape index (κ3) is 3.71. The largest absolute Gasteiger partial charge is 0.465 e. The zero-order chi connectivity index (χ0) is 18.6. The number of esters is 2. The zero-order valence-corrected chi connectivity index (χ0v) is 14.2. The number of hydrogen-bond acceptors (Lipinski definition) is 8. The van der Waals surface area contributed by atoms with Gasteiger partial charge in [-0.05, 0) is 25.3 Å². The van der Waals surface area contributed by atoms with Crippen LogP contribution in [0, 0.1) is 10.1 Å². The molecule has 1 aliphatic heterocycles. The summed E-state index contributed by atoms with van der Waals surface area (Å²) in [5, 5.41) is 11.3. The molecule has 1 unspecified atom stereocenters. The average molecular weight is 351 g/mol. The molecule has 1 aromatic carbocycles. The van der Waals surface area contributed by atoms with Crippen LogP contribution in [0.4, 0.5) is 11.4 Å². The number of rotatable bonds is 5.